The van der Waals surface area contributed by atoms with Crippen molar-refractivity contribution in [3.8, 4) is 0 Å². The largest absolute Gasteiger partial charge is 0.335 e. The standard InChI is InChI=1S/C17H21N3O3S/c1-3-5-13(4-2)18-16(22)19-14-8-6-12(7-9-14)10-20-15(21)11-24-17(20)23/h3,6-9,13H,1,4-5,10-11H2,2H3,(H2,18,19,22)/t13-/m0/s1. The van der Waals surface area contributed by atoms with Gasteiger partial charge >= 0.3 is 6.03 Å². The first kappa shape index (κ1) is 18.1. The molecule has 1 saturated heterocycles. The molecule has 2 N–H and O–H groups in total. The van der Waals surface area contributed by atoms with Crippen LogP contribution in [0.3, 0.4) is 0 Å². The van der Waals surface area contributed by atoms with Crippen LogP contribution in [0.4, 0.5) is 15.3 Å². The van der Waals surface area contributed by atoms with Gasteiger partial charge in [-0.1, -0.05) is 36.9 Å². The molecular weight excluding hydrogens is 326 g/mol. The maximum Gasteiger partial charge on any atom is 0.319 e. The van der Waals surface area contributed by atoms with E-state index in [1.54, 1.807) is 30.3 Å². The van der Waals surface area contributed by atoms with Crippen molar-refractivity contribution in [1.82, 2.24) is 10.2 Å². The summed E-state index contributed by atoms with van der Waals surface area (Å²) >= 11 is 1.02. The van der Waals surface area contributed by atoms with E-state index in [0.717, 1.165) is 30.2 Å². The summed E-state index contributed by atoms with van der Waals surface area (Å²) in [5.41, 5.74) is 1.49. The molecule has 1 aliphatic heterocycles. The monoisotopic (exact) mass is 347 g/mol. The molecule has 24 heavy (non-hydrogen) atoms. The second-order valence-electron chi connectivity index (χ2n) is 5.46. The van der Waals surface area contributed by atoms with E-state index in [4.69, 9.17) is 0 Å². The minimum absolute atomic E-state index is 0.0615. The van der Waals surface area contributed by atoms with Crippen LogP contribution < -0.4 is 10.6 Å². The zero-order valence-corrected chi connectivity index (χ0v) is 14.4. The number of nitrogens with one attached hydrogen (secondary N) is 2. The molecule has 0 unspecified atom stereocenters. The number of nitrogens with zero attached hydrogens (tertiary/aromatic N) is 1. The Morgan fingerprint density at radius 1 is 1.38 bits per heavy atom. The fourth-order valence-electron chi connectivity index (χ4n) is 2.29. The first-order valence-corrected chi connectivity index (χ1v) is 8.76. The molecule has 0 spiro atoms. The van der Waals surface area contributed by atoms with Crippen molar-refractivity contribution >= 4 is 34.6 Å². The number of carbonyl (C=O) groups excluding carboxylic acids is 3. The lowest BCUT2D eigenvalue weighted by Gasteiger charge is -2.16. The van der Waals surface area contributed by atoms with Crippen molar-refractivity contribution in [3.63, 3.8) is 0 Å². The van der Waals surface area contributed by atoms with Crippen molar-refractivity contribution in [2.24, 2.45) is 0 Å². The lowest BCUT2D eigenvalue weighted by Crippen LogP contribution is -2.37. The Labute approximate surface area is 145 Å². The highest BCUT2D eigenvalue weighted by Gasteiger charge is 2.29. The summed E-state index contributed by atoms with van der Waals surface area (Å²) in [5.74, 6) is 0.0430. The van der Waals surface area contributed by atoms with Gasteiger partial charge in [0.15, 0.2) is 0 Å². The Bertz CT molecular complexity index is 614. The Balaban J connectivity index is 1.89. The summed E-state index contributed by atoms with van der Waals surface area (Å²) in [4.78, 5) is 36.4. The van der Waals surface area contributed by atoms with Crippen molar-refractivity contribution in [1.29, 1.82) is 0 Å². The minimum atomic E-state index is -0.266. The molecule has 1 heterocycles. The van der Waals surface area contributed by atoms with E-state index < -0.39 is 0 Å². The van der Waals surface area contributed by atoms with E-state index in [0.29, 0.717) is 5.69 Å². The number of benzene rings is 1. The molecule has 0 saturated carbocycles. The third-order valence-electron chi connectivity index (χ3n) is 3.67. The molecule has 6 nitrogen and oxygen atoms in total. The highest BCUT2D eigenvalue weighted by atomic mass is 32.2. The average Bonchev–Trinajstić information content (AvgIpc) is 2.88. The molecule has 0 bridgehead atoms. The third kappa shape index (κ3) is 4.86. The maximum atomic E-state index is 11.9. The number of anilines is 1. The molecule has 1 aromatic rings. The molecule has 2 rings (SSSR count). The first-order chi connectivity index (χ1) is 11.5. The van der Waals surface area contributed by atoms with Gasteiger partial charge in [0.25, 0.3) is 5.24 Å². The topological polar surface area (TPSA) is 78.5 Å². The lowest BCUT2D eigenvalue weighted by molar-refractivity contribution is -0.125. The molecule has 0 radical (unpaired) electrons. The van der Waals surface area contributed by atoms with Gasteiger partial charge in [-0.25, -0.2) is 4.79 Å². The molecular formula is C17H21N3O3S. The maximum absolute atomic E-state index is 11.9. The average molecular weight is 347 g/mol. The van der Waals surface area contributed by atoms with E-state index in [-0.39, 0.29) is 35.5 Å². The lowest BCUT2D eigenvalue weighted by atomic mass is 10.1. The number of hydrogen-bond acceptors (Lipinski definition) is 4. The zero-order chi connectivity index (χ0) is 17.5. The van der Waals surface area contributed by atoms with E-state index in [2.05, 4.69) is 17.2 Å². The predicted molar refractivity (Wildman–Crippen MR) is 95.9 cm³/mol. The molecule has 1 aromatic carbocycles. The minimum Gasteiger partial charge on any atom is -0.335 e. The van der Waals surface area contributed by atoms with E-state index in [9.17, 15) is 14.4 Å². The van der Waals surface area contributed by atoms with Gasteiger partial charge in [-0.15, -0.1) is 6.58 Å². The van der Waals surface area contributed by atoms with Gasteiger partial charge in [0.1, 0.15) is 0 Å². The number of thioether (sulfide) groups is 1. The number of carbonyl (C=O) groups is 3. The smallest absolute Gasteiger partial charge is 0.319 e. The summed E-state index contributed by atoms with van der Waals surface area (Å²) in [6.07, 6.45) is 3.33. The predicted octanol–water partition coefficient (Wildman–Crippen LogP) is 3.36. The van der Waals surface area contributed by atoms with Crippen LogP contribution in [0.5, 0.6) is 0 Å². The molecule has 4 amide bonds. The van der Waals surface area contributed by atoms with Crippen LogP contribution in [-0.2, 0) is 11.3 Å². The number of imide groups is 1. The van der Waals surface area contributed by atoms with Gasteiger partial charge < -0.3 is 10.6 Å². The van der Waals surface area contributed by atoms with Crippen LogP contribution in [-0.4, -0.2) is 33.9 Å². The molecule has 1 atom stereocenters. The summed E-state index contributed by atoms with van der Waals surface area (Å²) in [5, 5.41) is 5.43. The quantitative estimate of drug-likeness (QED) is 0.741. The van der Waals surface area contributed by atoms with Crippen molar-refractivity contribution in [2.75, 3.05) is 11.1 Å². The Morgan fingerprint density at radius 3 is 2.62 bits per heavy atom. The Morgan fingerprint density at radius 2 is 2.08 bits per heavy atom. The molecule has 7 heteroatoms. The number of rotatable bonds is 7. The SMILES string of the molecule is C=CC[C@H](CC)NC(=O)Nc1ccc(CN2C(=O)CSC2=O)cc1. The van der Waals surface area contributed by atoms with Gasteiger partial charge in [0.2, 0.25) is 5.91 Å². The van der Waals surface area contributed by atoms with Gasteiger partial charge in [0.05, 0.1) is 12.3 Å². The molecule has 1 aliphatic rings. The van der Waals surface area contributed by atoms with Crippen molar-refractivity contribution in [2.45, 2.75) is 32.4 Å². The number of urea groups is 1. The second-order valence-corrected chi connectivity index (χ2v) is 6.39. The number of hydrogen-bond donors (Lipinski definition) is 2. The normalized spacial score (nSPS) is 15.3. The van der Waals surface area contributed by atoms with Gasteiger partial charge in [-0.05, 0) is 30.5 Å². The van der Waals surface area contributed by atoms with Crippen LogP contribution in [0.15, 0.2) is 36.9 Å². The first-order valence-electron chi connectivity index (χ1n) is 7.78. The highest BCUT2D eigenvalue weighted by Crippen LogP contribution is 2.21. The van der Waals surface area contributed by atoms with Crippen LogP contribution >= 0.6 is 11.8 Å². The summed E-state index contributed by atoms with van der Waals surface area (Å²) in [6.45, 7) is 5.94. The van der Waals surface area contributed by atoms with Crippen molar-refractivity contribution in [3.05, 3.63) is 42.5 Å². The fraction of sp³-hybridized carbons (Fsp3) is 0.353. The Hall–Kier alpha value is -2.28. The van der Waals surface area contributed by atoms with E-state index >= 15 is 0 Å². The summed E-state index contributed by atoms with van der Waals surface area (Å²) < 4.78 is 0. The zero-order valence-electron chi connectivity index (χ0n) is 13.6. The van der Waals surface area contributed by atoms with Crippen LogP contribution in [0.25, 0.3) is 0 Å². The van der Waals surface area contributed by atoms with Crippen LogP contribution in [0, 0.1) is 0 Å². The van der Waals surface area contributed by atoms with Crippen LogP contribution in [0.1, 0.15) is 25.3 Å². The summed E-state index contributed by atoms with van der Waals surface area (Å²) in [7, 11) is 0. The summed E-state index contributed by atoms with van der Waals surface area (Å²) in [6, 6.07) is 6.88. The highest BCUT2D eigenvalue weighted by molar-refractivity contribution is 8.14. The van der Waals surface area contributed by atoms with E-state index in [1.165, 1.54) is 4.90 Å². The molecule has 0 aromatic heterocycles. The van der Waals surface area contributed by atoms with Crippen LogP contribution in [0.2, 0.25) is 0 Å². The van der Waals surface area contributed by atoms with Gasteiger partial charge in [0, 0.05) is 11.7 Å². The van der Waals surface area contributed by atoms with Crippen molar-refractivity contribution < 1.29 is 14.4 Å². The van der Waals surface area contributed by atoms with E-state index in [1.807, 2.05) is 6.92 Å². The molecule has 1 fully saturated rings. The molecule has 128 valence electrons. The number of amides is 4. The third-order valence-corrected chi connectivity index (χ3v) is 4.53. The Kier molecular flexibility index (Phi) is 6.43. The molecule has 0 aliphatic carbocycles. The fourth-order valence-corrected chi connectivity index (χ4v) is 3.02. The van der Waals surface area contributed by atoms with Gasteiger partial charge in [-0.2, -0.15) is 0 Å². The van der Waals surface area contributed by atoms with Gasteiger partial charge in [-0.3, -0.25) is 14.5 Å². The second kappa shape index (κ2) is 8.54.